The van der Waals surface area contributed by atoms with Crippen molar-refractivity contribution in [3.05, 3.63) is 28.2 Å². The molecule has 0 bridgehead atoms. The number of hydrogen-bond acceptors (Lipinski definition) is 1. The Bertz CT molecular complexity index is 251. The Labute approximate surface area is 102 Å². The van der Waals surface area contributed by atoms with Crippen molar-refractivity contribution in [1.29, 1.82) is 0 Å². The Morgan fingerprint density at radius 2 is 2.00 bits per heavy atom. The minimum Gasteiger partial charge on any atom is -0.496 e. The Kier molecular flexibility index (Phi) is 7.75. The first-order chi connectivity index (χ1) is 6.27. The number of benzene rings is 1. The van der Waals surface area contributed by atoms with E-state index in [4.69, 9.17) is 4.74 Å². The summed E-state index contributed by atoms with van der Waals surface area (Å²) < 4.78 is 6.25. The zero-order chi connectivity index (χ0) is 10.3. The molecule has 0 aliphatic carbocycles. The van der Waals surface area contributed by atoms with Gasteiger partial charge in [0.1, 0.15) is 5.75 Å². The second kappa shape index (κ2) is 7.62. The van der Waals surface area contributed by atoms with Gasteiger partial charge in [-0.2, -0.15) is 0 Å². The molecule has 0 saturated heterocycles. The maximum absolute atomic E-state index is 5.19. The summed E-state index contributed by atoms with van der Waals surface area (Å²) >= 11 is 5.54. The Morgan fingerprint density at radius 3 is 2.46 bits per heavy atom. The molecule has 0 amide bonds. The number of methoxy groups -OCH3 is 1. The van der Waals surface area contributed by atoms with Gasteiger partial charge in [-0.15, -0.1) is 0 Å². The van der Waals surface area contributed by atoms with Gasteiger partial charge < -0.3 is 4.74 Å². The first kappa shape index (κ1) is 13.2. The number of ether oxygens (including phenoxy) is 1. The van der Waals surface area contributed by atoms with Crippen molar-refractivity contribution in [1.82, 2.24) is 0 Å². The maximum atomic E-state index is 5.19. The molecule has 0 saturated carbocycles. The third kappa shape index (κ3) is 4.31. The summed E-state index contributed by atoms with van der Waals surface area (Å²) in [5.74, 6) is 0.960. The summed E-state index contributed by atoms with van der Waals surface area (Å²) in [5.41, 5.74) is 1.25. The summed E-state index contributed by atoms with van der Waals surface area (Å²) in [6, 6.07) is 6.09. The van der Waals surface area contributed by atoms with E-state index in [1.165, 1.54) is 5.56 Å². The zero-order valence-corrected chi connectivity index (χ0v) is 11.8. The van der Waals surface area contributed by atoms with Crippen LogP contribution in [0.3, 0.4) is 0 Å². The maximum Gasteiger partial charge on any atom is 0.123 e. The fraction of sp³-hybridized carbons (Fsp3) is 0.400. The minimum absolute atomic E-state index is 0.960. The molecule has 0 fully saturated rings. The molecule has 0 radical (unpaired) electrons. The second-order valence-electron chi connectivity index (χ2n) is 2.31. The van der Waals surface area contributed by atoms with Crippen LogP contribution in [0.5, 0.6) is 5.75 Å². The van der Waals surface area contributed by atoms with Gasteiger partial charge >= 0.3 is 0 Å². The largest absolute Gasteiger partial charge is 0.496 e. The molecule has 13 heavy (non-hydrogen) atoms. The fourth-order valence-electron chi connectivity index (χ4n) is 1.01. The van der Waals surface area contributed by atoms with E-state index >= 15 is 0 Å². The molecule has 0 aromatic heterocycles. The zero-order valence-electron chi connectivity index (χ0n) is 8.10. The summed E-state index contributed by atoms with van der Waals surface area (Å²) in [6.45, 7) is 2.12. The van der Waals surface area contributed by atoms with Gasteiger partial charge in [-0.3, -0.25) is 0 Å². The molecule has 1 nitrogen and oxygen atoms in total. The van der Waals surface area contributed by atoms with E-state index in [2.05, 4.69) is 51.5 Å². The van der Waals surface area contributed by atoms with E-state index < -0.39 is 0 Å². The predicted molar refractivity (Wildman–Crippen MR) is 70.0 cm³/mol. The Morgan fingerprint density at radius 1 is 1.38 bits per heavy atom. The number of aryl methyl sites for hydroxylation is 1. The van der Waals surface area contributed by atoms with Crippen LogP contribution in [0.15, 0.2) is 22.7 Å². The lowest BCUT2D eigenvalue weighted by Gasteiger charge is -2.05. The molecular formula is C10H14BrIO. The molecule has 1 aromatic carbocycles. The summed E-state index contributed by atoms with van der Waals surface area (Å²) in [5, 5.41) is 0. The van der Waals surface area contributed by atoms with E-state index in [1.54, 1.807) is 7.11 Å². The average molecular weight is 357 g/mol. The van der Waals surface area contributed by atoms with Gasteiger partial charge in [0.15, 0.2) is 0 Å². The van der Waals surface area contributed by atoms with Gasteiger partial charge in [0.2, 0.25) is 0 Å². The smallest absolute Gasteiger partial charge is 0.123 e. The van der Waals surface area contributed by atoms with Crippen molar-refractivity contribution < 1.29 is 4.74 Å². The SMILES string of the molecule is CCc1ccc(Br)cc1OC.CI. The average Bonchev–Trinajstić information content (AvgIpc) is 2.20. The van der Waals surface area contributed by atoms with Crippen molar-refractivity contribution in [2.45, 2.75) is 13.3 Å². The Hall–Kier alpha value is 0.230. The van der Waals surface area contributed by atoms with E-state index in [0.29, 0.717) is 0 Å². The lowest BCUT2D eigenvalue weighted by atomic mass is 10.1. The molecule has 0 spiro atoms. The molecule has 0 aliphatic rings. The highest BCUT2D eigenvalue weighted by Crippen LogP contribution is 2.23. The minimum atomic E-state index is 0.960. The lowest BCUT2D eigenvalue weighted by molar-refractivity contribution is 0.410. The predicted octanol–water partition coefficient (Wildman–Crippen LogP) is 4.07. The fourth-order valence-corrected chi connectivity index (χ4v) is 1.35. The van der Waals surface area contributed by atoms with Gasteiger partial charge in [-0.25, -0.2) is 0 Å². The van der Waals surface area contributed by atoms with Gasteiger partial charge in [0.25, 0.3) is 0 Å². The van der Waals surface area contributed by atoms with Crippen molar-refractivity contribution >= 4 is 38.5 Å². The van der Waals surface area contributed by atoms with E-state index in [1.807, 2.05) is 17.1 Å². The van der Waals surface area contributed by atoms with Crippen LogP contribution in [-0.4, -0.2) is 12.0 Å². The first-order valence-electron chi connectivity index (χ1n) is 3.98. The van der Waals surface area contributed by atoms with Crippen molar-refractivity contribution in [2.24, 2.45) is 0 Å². The van der Waals surface area contributed by atoms with Crippen LogP contribution < -0.4 is 4.74 Å². The van der Waals surface area contributed by atoms with Crippen LogP contribution in [-0.2, 0) is 6.42 Å². The molecule has 3 heteroatoms. The number of halogens is 2. The molecule has 0 aliphatic heterocycles. The normalized spacial score (nSPS) is 8.69. The molecule has 1 aromatic rings. The second-order valence-corrected chi connectivity index (χ2v) is 3.23. The highest BCUT2D eigenvalue weighted by Gasteiger charge is 1.99. The molecule has 0 heterocycles. The van der Waals surface area contributed by atoms with Crippen LogP contribution in [0.1, 0.15) is 12.5 Å². The van der Waals surface area contributed by atoms with Gasteiger partial charge in [-0.05, 0) is 29.0 Å². The molecule has 0 N–H and O–H groups in total. The third-order valence-corrected chi connectivity index (χ3v) is 2.12. The number of rotatable bonds is 2. The number of alkyl halides is 1. The van der Waals surface area contributed by atoms with E-state index in [9.17, 15) is 0 Å². The van der Waals surface area contributed by atoms with Crippen molar-refractivity contribution in [3.63, 3.8) is 0 Å². The van der Waals surface area contributed by atoms with E-state index in [-0.39, 0.29) is 0 Å². The standard InChI is InChI=1S/C9H11BrO.CH3I/c1-3-7-4-5-8(10)6-9(7)11-2;1-2/h4-6H,3H2,1-2H3;1H3. The molecule has 0 atom stereocenters. The first-order valence-corrected chi connectivity index (χ1v) is 6.93. The summed E-state index contributed by atoms with van der Waals surface area (Å²) in [6.07, 6.45) is 1.01. The monoisotopic (exact) mass is 356 g/mol. The Balaban J connectivity index is 0.000000671. The van der Waals surface area contributed by atoms with Crippen LogP contribution in [0.25, 0.3) is 0 Å². The third-order valence-electron chi connectivity index (χ3n) is 1.63. The quantitative estimate of drug-likeness (QED) is 0.573. The topological polar surface area (TPSA) is 9.23 Å². The van der Waals surface area contributed by atoms with Crippen LogP contribution in [0.4, 0.5) is 0 Å². The molecule has 0 unspecified atom stereocenters. The highest BCUT2D eigenvalue weighted by atomic mass is 127. The van der Waals surface area contributed by atoms with E-state index in [0.717, 1.165) is 16.6 Å². The summed E-state index contributed by atoms with van der Waals surface area (Å²) in [7, 11) is 1.70. The van der Waals surface area contributed by atoms with Crippen LogP contribution in [0, 0.1) is 0 Å². The van der Waals surface area contributed by atoms with Gasteiger partial charge in [0, 0.05) is 4.47 Å². The molecule has 1 rings (SSSR count). The van der Waals surface area contributed by atoms with Crippen molar-refractivity contribution in [2.75, 3.05) is 12.0 Å². The van der Waals surface area contributed by atoms with Gasteiger partial charge in [0.05, 0.1) is 7.11 Å². The summed E-state index contributed by atoms with van der Waals surface area (Å²) in [4.78, 5) is 1.97. The van der Waals surface area contributed by atoms with Gasteiger partial charge in [-0.1, -0.05) is 51.5 Å². The van der Waals surface area contributed by atoms with Crippen molar-refractivity contribution in [3.8, 4) is 5.75 Å². The van der Waals surface area contributed by atoms with Crippen LogP contribution >= 0.6 is 38.5 Å². The van der Waals surface area contributed by atoms with Crippen LogP contribution in [0.2, 0.25) is 0 Å². The lowest BCUT2D eigenvalue weighted by Crippen LogP contribution is -1.89. The number of hydrogen-bond donors (Lipinski definition) is 0. The molecule has 74 valence electrons. The molecular weight excluding hydrogens is 343 g/mol. The highest BCUT2D eigenvalue weighted by molar-refractivity contribution is 14.1.